The number of aromatic nitrogens is 2. The topological polar surface area (TPSA) is 41.6 Å². The smallest absolute Gasteiger partial charge is 0.141 e. The summed E-state index contributed by atoms with van der Waals surface area (Å²) in [5.74, 6) is -0.473. The molecule has 0 amide bonds. The third-order valence-corrected chi connectivity index (χ3v) is 3.11. The highest BCUT2D eigenvalue weighted by Crippen LogP contribution is 2.22. The molecule has 2 rings (SSSR count). The van der Waals surface area contributed by atoms with Crippen LogP contribution in [0.15, 0.2) is 28.9 Å². The Kier molecular flexibility index (Phi) is 3.46. The van der Waals surface area contributed by atoms with Gasteiger partial charge in [-0.1, -0.05) is 11.6 Å². The van der Waals surface area contributed by atoms with Gasteiger partial charge in [-0.05, 0) is 34.1 Å². The van der Waals surface area contributed by atoms with E-state index in [4.69, 9.17) is 16.9 Å². The average Bonchev–Trinajstić information content (AvgIpc) is 2.65. The van der Waals surface area contributed by atoms with E-state index >= 15 is 0 Å². The second-order valence-corrected chi connectivity index (χ2v) is 4.56. The molecule has 0 bridgehead atoms. The third kappa shape index (κ3) is 2.48. The Morgan fingerprint density at radius 3 is 2.94 bits per heavy atom. The molecule has 1 aromatic heterocycles. The van der Waals surface area contributed by atoms with Crippen LogP contribution in [0.4, 0.5) is 4.39 Å². The second-order valence-electron chi connectivity index (χ2n) is 3.30. The molecule has 2 aromatic rings. The average molecular weight is 315 g/mol. The van der Waals surface area contributed by atoms with Gasteiger partial charge >= 0.3 is 0 Å². The lowest BCUT2D eigenvalue weighted by Gasteiger charge is -2.01. The lowest BCUT2D eigenvalue weighted by atomic mass is 10.3. The van der Waals surface area contributed by atoms with E-state index in [0.29, 0.717) is 11.4 Å². The van der Waals surface area contributed by atoms with E-state index in [9.17, 15) is 4.39 Å². The Bertz CT molecular complexity index is 603. The molecule has 0 aliphatic heterocycles. The van der Waals surface area contributed by atoms with Gasteiger partial charge in [-0.2, -0.15) is 10.4 Å². The predicted octanol–water partition coefficient (Wildman–Crippen LogP) is 3.49. The summed E-state index contributed by atoms with van der Waals surface area (Å²) >= 11 is 9.00. The van der Waals surface area contributed by atoms with Crippen LogP contribution >= 0.6 is 27.5 Å². The summed E-state index contributed by atoms with van der Waals surface area (Å²) in [5.41, 5.74) is 1.27. The molecule has 0 N–H and O–H groups in total. The van der Waals surface area contributed by atoms with Gasteiger partial charge in [0.2, 0.25) is 0 Å². The highest BCUT2D eigenvalue weighted by atomic mass is 79.9. The van der Waals surface area contributed by atoms with Gasteiger partial charge < -0.3 is 0 Å². The van der Waals surface area contributed by atoms with Crippen LogP contribution in [-0.4, -0.2) is 9.78 Å². The van der Waals surface area contributed by atoms with Gasteiger partial charge in [-0.25, -0.2) is 9.07 Å². The van der Waals surface area contributed by atoms with Gasteiger partial charge in [0.1, 0.15) is 5.82 Å². The van der Waals surface area contributed by atoms with Gasteiger partial charge in [-0.15, -0.1) is 0 Å². The van der Waals surface area contributed by atoms with E-state index in [-0.39, 0.29) is 11.4 Å². The summed E-state index contributed by atoms with van der Waals surface area (Å²) in [4.78, 5) is 0. The number of hydrogen-bond acceptors (Lipinski definition) is 2. The van der Waals surface area contributed by atoms with Crippen molar-refractivity contribution < 1.29 is 4.39 Å². The molecule has 0 saturated carbocycles. The van der Waals surface area contributed by atoms with Crippen molar-refractivity contribution in [2.75, 3.05) is 0 Å². The summed E-state index contributed by atoms with van der Waals surface area (Å²) in [6, 6.07) is 6.34. The molecule has 0 aliphatic carbocycles. The largest absolute Gasteiger partial charge is 0.239 e. The highest BCUT2D eigenvalue weighted by molar-refractivity contribution is 9.10. The van der Waals surface area contributed by atoms with Crippen LogP contribution < -0.4 is 0 Å². The van der Waals surface area contributed by atoms with E-state index < -0.39 is 5.82 Å². The van der Waals surface area contributed by atoms with Gasteiger partial charge in [-0.3, -0.25) is 0 Å². The maximum absolute atomic E-state index is 13.0. The molecule has 1 aromatic carbocycles. The summed E-state index contributed by atoms with van der Waals surface area (Å²) in [6.07, 6.45) is 1.92. The first-order valence-corrected chi connectivity index (χ1v) is 5.85. The zero-order chi connectivity index (χ0) is 12.4. The zero-order valence-electron chi connectivity index (χ0n) is 8.49. The molecule has 0 atom stereocenters. The first kappa shape index (κ1) is 12.1. The SMILES string of the molecule is N#CCc1nn(-c2ccc(F)c(Cl)c2)cc1Br. The van der Waals surface area contributed by atoms with E-state index in [2.05, 4.69) is 21.0 Å². The Balaban J connectivity index is 2.43. The maximum atomic E-state index is 13.0. The van der Waals surface area contributed by atoms with Crippen molar-refractivity contribution in [1.29, 1.82) is 5.26 Å². The van der Waals surface area contributed by atoms with Crippen LogP contribution in [0.2, 0.25) is 5.02 Å². The molecular weight excluding hydrogens is 308 g/mol. The molecule has 0 radical (unpaired) electrons. The molecule has 6 heteroatoms. The monoisotopic (exact) mass is 313 g/mol. The van der Waals surface area contributed by atoms with Crippen molar-refractivity contribution >= 4 is 27.5 Å². The highest BCUT2D eigenvalue weighted by Gasteiger charge is 2.08. The minimum atomic E-state index is -0.473. The first-order valence-electron chi connectivity index (χ1n) is 4.68. The van der Waals surface area contributed by atoms with E-state index in [1.165, 1.54) is 12.1 Å². The van der Waals surface area contributed by atoms with Crippen LogP contribution in [0.5, 0.6) is 0 Å². The zero-order valence-corrected chi connectivity index (χ0v) is 10.8. The van der Waals surface area contributed by atoms with Gasteiger partial charge in [0.25, 0.3) is 0 Å². The Morgan fingerprint density at radius 1 is 1.53 bits per heavy atom. The summed E-state index contributed by atoms with van der Waals surface area (Å²) in [6.45, 7) is 0. The van der Waals surface area contributed by atoms with E-state index in [0.717, 1.165) is 4.47 Å². The summed E-state index contributed by atoms with van der Waals surface area (Å²) in [7, 11) is 0. The molecule has 3 nitrogen and oxygen atoms in total. The number of hydrogen-bond donors (Lipinski definition) is 0. The number of nitriles is 1. The van der Waals surface area contributed by atoms with Crippen LogP contribution in [0, 0.1) is 17.1 Å². The lowest BCUT2D eigenvalue weighted by Crippen LogP contribution is -1.96. The van der Waals surface area contributed by atoms with E-state index in [1.807, 2.05) is 6.07 Å². The molecule has 0 fully saturated rings. The van der Waals surface area contributed by atoms with Crippen LogP contribution in [0.25, 0.3) is 5.69 Å². The standard InChI is InChI=1S/C11H6BrClFN3/c12-8-6-17(16-11(8)3-4-15)7-1-2-10(14)9(13)5-7/h1-2,5-6H,3H2. The quantitative estimate of drug-likeness (QED) is 0.851. The fourth-order valence-corrected chi connectivity index (χ4v) is 1.93. The van der Waals surface area contributed by atoms with Crippen molar-refractivity contribution in [1.82, 2.24) is 9.78 Å². The molecule has 86 valence electrons. The predicted molar refractivity (Wildman–Crippen MR) is 65.5 cm³/mol. The van der Waals surface area contributed by atoms with E-state index in [1.54, 1.807) is 16.9 Å². The second kappa shape index (κ2) is 4.86. The molecule has 1 heterocycles. The number of halogens is 3. The van der Waals surface area contributed by atoms with Crippen LogP contribution in [0.3, 0.4) is 0 Å². The van der Waals surface area contributed by atoms with Gasteiger partial charge in [0.05, 0.1) is 33.4 Å². The summed E-state index contributed by atoms with van der Waals surface area (Å²) in [5, 5.41) is 12.9. The molecule has 0 aliphatic rings. The van der Waals surface area contributed by atoms with Gasteiger partial charge in [0.15, 0.2) is 0 Å². The van der Waals surface area contributed by atoms with Gasteiger partial charge in [0, 0.05) is 6.20 Å². The molecular formula is C11H6BrClFN3. The van der Waals surface area contributed by atoms with Crippen LogP contribution in [-0.2, 0) is 6.42 Å². The van der Waals surface area contributed by atoms with Crippen LogP contribution in [0.1, 0.15) is 5.69 Å². The third-order valence-electron chi connectivity index (χ3n) is 2.15. The van der Waals surface area contributed by atoms with Crippen molar-refractivity contribution in [2.24, 2.45) is 0 Å². The Labute approximate surface area is 111 Å². The number of benzene rings is 1. The molecule has 0 unspecified atom stereocenters. The minimum absolute atomic E-state index is 0.0379. The number of nitrogens with zero attached hydrogens (tertiary/aromatic N) is 3. The maximum Gasteiger partial charge on any atom is 0.141 e. The summed E-state index contributed by atoms with van der Waals surface area (Å²) < 4.78 is 15.3. The fourth-order valence-electron chi connectivity index (χ4n) is 1.34. The minimum Gasteiger partial charge on any atom is -0.239 e. The Morgan fingerprint density at radius 2 is 2.29 bits per heavy atom. The Hall–Kier alpha value is -1.38. The van der Waals surface area contributed by atoms with Crippen molar-refractivity contribution in [3.63, 3.8) is 0 Å². The molecule has 0 spiro atoms. The normalized spacial score (nSPS) is 10.2. The number of rotatable bonds is 2. The fraction of sp³-hybridized carbons (Fsp3) is 0.0909. The molecule has 17 heavy (non-hydrogen) atoms. The van der Waals surface area contributed by atoms with Crippen molar-refractivity contribution in [3.8, 4) is 11.8 Å². The lowest BCUT2D eigenvalue weighted by molar-refractivity contribution is 0.627. The van der Waals surface area contributed by atoms with Crippen molar-refractivity contribution in [2.45, 2.75) is 6.42 Å². The molecule has 0 saturated heterocycles. The first-order chi connectivity index (χ1) is 8.11. The van der Waals surface area contributed by atoms with Crippen molar-refractivity contribution in [3.05, 3.63) is 45.4 Å².